The second kappa shape index (κ2) is 10.4. The molecule has 0 fully saturated rings. The van der Waals surface area contributed by atoms with Crippen LogP contribution in [0.5, 0.6) is 5.75 Å². The molecule has 28 heavy (non-hydrogen) atoms. The molecule has 1 unspecified atom stereocenters. The number of carbonyl (C=O) groups is 2. The van der Waals surface area contributed by atoms with Crippen molar-refractivity contribution in [3.05, 3.63) is 65.2 Å². The van der Waals surface area contributed by atoms with Crippen LogP contribution in [0.25, 0.3) is 0 Å². The quantitative estimate of drug-likeness (QED) is 0.438. The molecule has 2 aromatic rings. The number of carboxylic acid groups (broad SMARTS) is 2. The first kappa shape index (κ1) is 21.4. The molecule has 0 aliphatic heterocycles. The average molecular weight is 386 g/mol. The van der Waals surface area contributed by atoms with Gasteiger partial charge in [-0.2, -0.15) is 0 Å². The maximum Gasteiger partial charge on any atom is 0.322 e. The molecule has 0 bridgehead atoms. The molecule has 0 aromatic heterocycles. The van der Waals surface area contributed by atoms with Crippen LogP contribution in [0.15, 0.2) is 48.5 Å². The van der Waals surface area contributed by atoms with Gasteiger partial charge in [0.05, 0.1) is 7.11 Å². The van der Waals surface area contributed by atoms with E-state index in [0.29, 0.717) is 5.75 Å². The summed E-state index contributed by atoms with van der Waals surface area (Å²) in [7, 11) is 1.58. The summed E-state index contributed by atoms with van der Waals surface area (Å²) in [6.07, 6.45) is 1.18. The molecule has 4 N–H and O–H groups in total. The van der Waals surface area contributed by atoms with Gasteiger partial charge in [-0.25, -0.2) is 10.9 Å². The molecule has 0 heterocycles. The molecular weight excluding hydrogens is 360 g/mol. The normalized spacial score (nSPS) is 12.9. The minimum atomic E-state index is -1.06. The van der Waals surface area contributed by atoms with E-state index in [1.165, 1.54) is 0 Å². The molecule has 0 saturated carbocycles. The summed E-state index contributed by atoms with van der Waals surface area (Å²) in [6, 6.07) is 12.8. The third-order valence-corrected chi connectivity index (χ3v) is 4.53. The van der Waals surface area contributed by atoms with Crippen LogP contribution >= 0.6 is 0 Å². The highest BCUT2D eigenvalue weighted by atomic mass is 16.5. The summed E-state index contributed by atoms with van der Waals surface area (Å²) >= 11 is 0. The maximum atomic E-state index is 11.7. The van der Waals surface area contributed by atoms with Crippen LogP contribution < -0.4 is 15.6 Å². The Morgan fingerprint density at radius 1 is 0.929 bits per heavy atom. The van der Waals surface area contributed by atoms with Crippen LogP contribution in [0, 0.1) is 0 Å². The lowest BCUT2D eigenvalue weighted by molar-refractivity contribution is -0.143. The zero-order valence-corrected chi connectivity index (χ0v) is 16.0. The predicted molar refractivity (Wildman–Crippen MR) is 105 cm³/mol. The van der Waals surface area contributed by atoms with Crippen LogP contribution in [0.1, 0.15) is 23.6 Å². The van der Waals surface area contributed by atoms with Crippen molar-refractivity contribution in [1.82, 2.24) is 10.9 Å². The summed E-state index contributed by atoms with van der Waals surface area (Å²) in [6.45, 7) is 1.99. The average Bonchev–Trinajstić information content (AvgIpc) is 2.70. The Bertz CT molecular complexity index is 795. The Hall–Kier alpha value is -2.90. The van der Waals surface area contributed by atoms with Crippen molar-refractivity contribution in [3.63, 3.8) is 0 Å². The van der Waals surface area contributed by atoms with Gasteiger partial charge in [-0.15, -0.1) is 0 Å². The van der Waals surface area contributed by atoms with Gasteiger partial charge in [0.2, 0.25) is 0 Å². The highest BCUT2D eigenvalue weighted by Gasteiger charge is 2.23. The van der Waals surface area contributed by atoms with Crippen molar-refractivity contribution in [2.24, 2.45) is 0 Å². The SMILES string of the molecule is CCc1cc(OC)ccc1C[C@H](NNC(Cc1ccccc1)C(=O)O)C(=O)O. The summed E-state index contributed by atoms with van der Waals surface area (Å²) < 4.78 is 5.22. The van der Waals surface area contributed by atoms with Gasteiger partial charge in [0, 0.05) is 6.42 Å². The first-order valence-corrected chi connectivity index (χ1v) is 9.11. The lowest BCUT2D eigenvalue weighted by Gasteiger charge is -2.21. The summed E-state index contributed by atoms with van der Waals surface area (Å²) in [5.74, 6) is -1.40. The summed E-state index contributed by atoms with van der Waals surface area (Å²) in [5, 5.41) is 19.0. The maximum absolute atomic E-state index is 11.7. The Morgan fingerprint density at radius 2 is 1.54 bits per heavy atom. The number of ether oxygens (including phenoxy) is 1. The van der Waals surface area contributed by atoms with E-state index in [2.05, 4.69) is 10.9 Å². The molecule has 2 aromatic carbocycles. The molecule has 0 saturated heterocycles. The van der Waals surface area contributed by atoms with Crippen molar-refractivity contribution in [3.8, 4) is 5.75 Å². The van der Waals surface area contributed by atoms with E-state index in [9.17, 15) is 19.8 Å². The fourth-order valence-electron chi connectivity index (χ4n) is 2.93. The number of hydrogen-bond donors (Lipinski definition) is 4. The van der Waals surface area contributed by atoms with Gasteiger partial charge in [-0.05, 0) is 41.7 Å². The highest BCUT2D eigenvalue weighted by Crippen LogP contribution is 2.19. The third kappa shape index (κ3) is 6.07. The third-order valence-electron chi connectivity index (χ3n) is 4.53. The standard InChI is InChI=1S/C21H26N2O5/c1-3-15-12-17(28-2)10-9-16(15)13-19(21(26)27)23-22-18(20(24)25)11-14-7-5-4-6-8-14/h4-10,12,18-19,22-23H,3,11,13H2,1-2H3,(H,24,25)(H,26,27)/t18?,19-/m0/s1. The fourth-order valence-corrected chi connectivity index (χ4v) is 2.93. The second-order valence-corrected chi connectivity index (χ2v) is 6.45. The van der Waals surface area contributed by atoms with Crippen molar-refractivity contribution in [2.45, 2.75) is 38.3 Å². The van der Waals surface area contributed by atoms with Gasteiger partial charge in [0.1, 0.15) is 17.8 Å². The summed E-state index contributed by atoms with van der Waals surface area (Å²) in [5.41, 5.74) is 8.08. The zero-order chi connectivity index (χ0) is 20.5. The van der Waals surface area contributed by atoms with Gasteiger partial charge < -0.3 is 14.9 Å². The Kier molecular flexibility index (Phi) is 7.98. The van der Waals surface area contributed by atoms with Gasteiger partial charge in [-0.1, -0.05) is 43.3 Å². The first-order chi connectivity index (χ1) is 13.4. The Balaban J connectivity index is 2.07. The predicted octanol–water partition coefficient (Wildman–Crippen LogP) is 2.04. The van der Waals surface area contributed by atoms with Crippen LogP contribution in [0.2, 0.25) is 0 Å². The number of carboxylic acids is 2. The molecule has 2 rings (SSSR count). The second-order valence-electron chi connectivity index (χ2n) is 6.45. The van der Waals surface area contributed by atoms with Crippen molar-refractivity contribution in [2.75, 3.05) is 7.11 Å². The monoisotopic (exact) mass is 386 g/mol. The molecule has 7 heteroatoms. The van der Waals surface area contributed by atoms with E-state index >= 15 is 0 Å². The molecule has 7 nitrogen and oxygen atoms in total. The lowest BCUT2D eigenvalue weighted by atomic mass is 9.98. The van der Waals surface area contributed by atoms with Crippen molar-refractivity contribution in [1.29, 1.82) is 0 Å². The molecule has 0 aliphatic rings. The van der Waals surface area contributed by atoms with E-state index < -0.39 is 24.0 Å². The highest BCUT2D eigenvalue weighted by molar-refractivity contribution is 5.75. The summed E-state index contributed by atoms with van der Waals surface area (Å²) in [4.78, 5) is 23.2. The molecule has 0 aliphatic carbocycles. The number of rotatable bonds is 11. The van der Waals surface area contributed by atoms with E-state index in [4.69, 9.17) is 4.74 Å². The first-order valence-electron chi connectivity index (χ1n) is 9.11. The number of aliphatic carboxylic acids is 2. The number of nitrogens with one attached hydrogen (secondary N) is 2. The fraction of sp³-hybridized carbons (Fsp3) is 0.333. The van der Waals surface area contributed by atoms with Gasteiger partial charge in [0.15, 0.2) is 0 Å². The lowest BCUT2D eigenvalue weighted by Crippen LogP contribution is -2.54. The smallest absolute Gasteiger partial charge is 0.322 e. The molecule has 0 spiro atoms. The van der Waals surface area contributed by atoms with E-state index in [-0.39, 0.29) is 12.8 Å². The number of aryl methyl sites for hydroxylation is 1. The molecule has 0 amide bonds. The van der Waals surface area contributed by atoms with Gasteiger partial charge in [-0.3, -0.25) is 9.59 Å². The minimum absolute atomic E-state index is 0.215. The molecule has 150 valence electrons. The van der Waals surface area contributed by atoms with Crippen molar-refractivity contribution < 1.29 is 24.5 Å². The number of hydrogen-bond acceptors (Lipinski definition) is 5. The van der Waals surface area contributed by atoms with Gasteiger partial charge >= 0.3 is 11.9 Å². The van der Waals surface area contributed by atoms with Crippen LogP contribution in [-0.2, 0) is 28.9 Å². The van der Waals surface area contributed by atoms with Crippen LogP contribution in [0.4, 0.5) is 0 Å². The van der Waals surface area contributed by atoms with E-state index in [1.807, 2.05) is 49.4 Å². The Labute approximate surface area is 164 Å². The minimum Gasteiger partial charge on any atom is -0.497 e. The Morgan fingerprint density at radius 3 is 2.07 bits per heavy atom. The number of hydrazine groups is 1. The van der Waals surface area contributed by atoms with E-state index in [1.54, 1.807) is 13.2 Å². The van der Waals surface area contributed by atoms with Gasteiger partial charge in [0.25, 0.3) is 0 Å². The largest absolute Gasteiger partial charge is 0.497 e. The van der Waals surface area contributed by atoms with Crippen molar-refractivity contribution >= 4 is 11.9 Å². The van der Waals surface area contributed by atoms with E-state index in [0.717, 1.165) is 23.1 Å². The van der Waals surface area contributed by atoms with Crippen LogP contribution in [0.3, 0.4) is 0 Å². The van der Waals surface area contributed by atoms with Crippen LogP contribution in [-0.4, -0.2) is 41.3 Å². The number of methoxy groups -OCH3 is 1. The number of benzene rings is 2. The molecule has 2 atom stereocenters. The zero-order valence-electron chi connectivity index (χ0n) is 16.0. The molecular formula is C21H26N2O5. The molecule has 0 radical (unpaired) electrons. The topological polar surface area (TPSA) is 108 Å².